The van der Waals surface area contributed by atoms with Crippen LogP contribution in [0.1, 0.15) is 63.8 Å². The lowest BCUT2D eigenvalue weighted by molar-refractivity contribution is -0.146. The van der Waals surface area contributed by atoms with Gasteiger partial charge in [-0.3, -0.25) is 14.4 Å². The van der Waals surface area contributed by atoms with Crippen LogP contribution in [0.3, 0.4) is 0 Å². The molecular formula is C23H25F3O4. The van der Waals surface area contributed by atoms with E-state index in [1.54, 1.807) is 20.8 Å². The van der Waals surface area contributed by atoms with Gasteiger partial charge in [0, 0.05) is 5.56 Å². The lowest BCUT2D eigenvalue weighted by Gasteiger charge is -2.31. The number of ketones is 3. The van der Waals surface area contributed by atoms with Gasteiger partial charge < -0.3 is 5.11 Å². The maximum Gasteiger partial charge on any atom is 0.417 e. The summed E-state index contributed by atoms with van der Waals surface area (Å²) in [5, 5.41) is 10.9. The fourth-order valence-corrected chi connectivity index (χ4v) is 3.71. The maximum absolute atomic E-state index is 13.6. The van der Waals surface area contributed by atoms with Crippen LogP contribution < -0.4 is 0 Å². The Morgan fingerprint density at radius 3 is 2.07 bits per heavy atom. The minimum atomic E-state index is -4.63. The summed E-state index contributed by atoms with van der Waals surface area (Å²) in [6.45, 7) is 10.4. The first-order chi connectivity index (χ1) is 13.5. The highest BCUT2D eigenvalue weighted by Gasteiger charge is 2.51. The van der Waals surface area contributed by atoms with Crippen LogP contribution in [0, 0.1) is 18.3 Å². The largest absolute Gasteiger partial charge is 0.506 e. The molecule has 0 spiro atoms. The van der Waals surface area contributed by atoms with Gasteiger partial charge in [-0.1, -0.05) is 11.6 Å². The molecule has 1 aromatic rings. The molecule has 1 saturated carbocycles. The molecule has 30 heavy (non-hydrogen) atoms. The second kappa shape index (κ2) is 7.52. The summed E-state index contributed by atoms with van der Waals surface area (Å²) in [6, 6.07) is 1.88. The van der Waals surface area contributed by atoms with Crippen molar-refractivity contribution in [1.82, 2.24) is 0 Å². The highest BCUT2D eigenvalue weighted by Crippen LogP contribution is 2.41. The average Bonchev–Trinajstić information content (AvgIpc) is 2.63. The number of aliphatic hydroxyl groups is 1. The second-order valence-electron chi connectivity index (χ2n) is 8.41. The van der Waals surface area contributed by atoms with Crippen LogP contribution in [0.4, 0.5) is 13.2 Å². The van der Waals surface area contributed by atoms with Gasteiger partial charge in [0.25, 0.3) is 0 Å². The van der Waals surface area contributed by atoms with E-state index in [0.717, 1.165) is 12.1 Å². The Labute approximate surface area is 173 Å². The SMILES string of the molecule is CC(C)=C(C)c1c(C(F)(F)F)ccc(/C(O)=C2/C(=O)C(C)C(=O)C(C)(C)C2=O)c1C. The first kappa shape index (κ1) is 23.6. The number of carbonyl (C=O) groups excluding carboxylic acids is 3. The number of benzene rings is 1. The summed E-state index contributed by atoms with van der Waals surface area (Å²) in [6.07, 6.45) is -4.63. The van der Waals surface area contributed by atoms with E-state index < -0.39 is 51.8 Å². The number of rotatable bonds is 2. The third kappa shape index (κ3) is 3.61. The number of allylic oxidation sites excluding steroid dienone is 3. The minimum Gasteiger partial charge on any atom is -0.506 e. The monoisotopic (exact) mass is 422 g/mol. The molecule has 0 aliphatic heterocycles. The maximum atomic E-state index is 13.6. The molecule has 1 unspecified atom stereocenters. The lowest BCUT2D eigenvalue weighted by Crippen LogP contribution is -2.48. The van der Waals surface area contributed by atoms with Crippen molar-refractivity contribution in [2.75, 3.05) is 0 Å². The molecule has 1 fully saturated rings. The molecule has 4 nitrogen and oxygen atoms in total. The van der Waals surface area contributed by atoms with Crippen LogP contribution in [0.5, 0.6) is 0 Å². The summed E-state index contributed by atoms with van der Waals surface area (Å²) in [7, 11) is 0. The van der Waals surface area contributed by atoms with Crippen molar-refractivity contribution in [2.45, 2.75) is 54.6 Å². The number of alkyl halides is 3. The third-order valence-electron chi connectivity index (χ3n) is 5.83. The Kier molecular flexibility index (Phi) is 5.91. The smallest absolute Gasteiger partial charge is 0.417 e. The molecule has 0 aromatic heterocycles. The normalized spacial score (nSPS) is 21.0. The van der Waals surface area contributed by atoms with Gasteiger partial charge in [0.2, 0.25) is 0 Å². The molecule has 0 radical (unpaired) electrons. The average molecular weight is 422 g/mol. The number of hydrogen-bond acceptors (Lipinski definition) is 4. The fraction of sp³-hybridized carbons (Fsp3) is 0.435. The van der Waals surface area contributed by atoms with Gasteiger partial charge in [-0.15, -0.1) is 0 Å². The predicted octanol–water partition coefficient (Wildman–Crippen LogP) is 5.48. The van der Waals surface area contributed by atoms with E-state index in [1.807, 2.05) is 0 Å². The lowest BCUT2D eigenvalue weighted by atomic mass is 9.67. The van der Waals surface area contributed by atoms with Crippen molar-refractivity contribution in [1.29, 1.82) is 0 Å². The molecule has 162 valence electrons. The number of Topliss-reactive ketones (excluding diaryl/α,β-unsaturated/α-hetero) is 3. The summed E-state index contributed by atoms with van der Waals surface area (Å²) in [5.41, 5.74) is -1.96. The zero-order valence-electron chi connectivity index (χ0n) is 18.0. The number of halogens is 3. The Bertz CT molecular complexity index is 1020. The molecule has 1 N–H and O–H groups in total. The molecule has 1 aliphatic carbocycles. The molecule has 0 amide bonds. The van der Waals surface area contributed by atoms with Gasteiger partial charge >= 0.3 is 6.18 Å². The minimum absolute atomic E-state index is 0.0485. The fourth-order valence-electron chi connectivity index (χ4n) is 3.71. The van der Waals surface area contributed by atoms with E-state index in [4.69, 9.17) is 0 Å². The molecule has 7 heteroatoms. The predicted molar refractivity (Wildman–Crippen MR) is 108 cm³/mol. The van der Waals surface area contributed by atoms with Gasteiger partial charge in [-0.2, -0.15) is 13.2 Å². The van der Waals surface area contributed by atoms with Crippen molar-refractivity contribution < 1.29 is 32.7 Å². The highest BCUT2D eigenvalue weighted by molar-refractivity contribution is 6.38. The molecule has 0 bridgehead atoms. The number of aliphatic hydroxyl groups excluding tert-OH is 1. The molecule has 0 heterocycles. The van der Waals surface area contributed by atoms with E-state index in [0.29, 0.717) is 11.1 Å². The highest BCUT2D eigenvalue weighted by atomic mass is 19.4. The van der Waals surface area contributed by atoms with Crippen molar-refractivity contribution in [2.24, 2.45) is 11.3 Å². The Morgan fingerprint density at radius 2 is 1.60 bits per heavy atom. The molecule has 0 saturated heterocycles. The van der Waals surface area contributed by atoms with Crippen molar-refractivity contribution >= 4 is 28.7 Å². The van der Waals surface area contributed by atoms with Crippen molar-refractivity contribution in [3.63, 3.8) is 0 Å². The van der Waals surface area contributed by atoms with E-state index in [1.165, 1.54) is 27.7 Å². The Morgan fingerprint density at radius 1 is 1.07 bits per heavy atom. The van der Waals surface area contributed by atoms with E-state index >= 15 is 0 Å². The van der Waals surface area contributed by atoms with E-state index in [9.17, 15) is 32.7 Å². The number of hydrogen-bond donors (Lipinski definition) is 1. The quantitative estimate of drug-likeness (QED) is 0.297. The second-order valence-corrected chi connectivity index (χ2v) is 8.41. The summed E-state index contributed by atoms with van der Waals surface area (Å²) >= 11 is 0. The molecule has 1 atom stereocenters. The first-order valence-electron chi connectivity index (χ1n) is 9.47. The van der Waals surface area contributed by atoms with Crippen LogP contribution >= 0.6 is 0 Å². The van der Waals surface area contributed by atoms with Gasteiger partial charge in [-0.05, 0) is 71.2 Å². The molecular weight excluding hydrogens is 397 g/mol. The van der Waals surface area contributed by atoms with Crippen LogP contribution in [0.15, 0.2) is 23.3 Å². The standard InChI is InChI=1S/C23H25F3O4/c1-10(2)11(3)16-12(4)14(8-9-15(16)23(24,25)26)19(28)17-18(27)13(5)20(29)22(6,7)21(17)30/h8-9,13,28H,1-7H3/b19-17+. The van der Waals surface area contributed by atoms with Crippen molar-refractivity contribution in [3.05, 3.63) is 45.5 Å². The zero-order valence-corrected chi connectivity index (χ0v) is 18.0. The van der Waals surface area contributed by atoms with Crippen LogP contribution in [0.2, 0.25) is 0 Å². The third-order valence-corrected chi connectivity index (χ3v) is 5.83. The molecule has 1 aliphatic rings. The Balaban J connectivity index is 2.89. The molecule has 1 aromatic carbocycles. The summed E-state index contributed by atoms with van der Waals surface area (Å²) in [4.78, 5) is 37.8. The van der Waals surface area contributed by atoms with Gasteiger partial charge in [-0.25, -0.2) is 0 Å². The number of carbonyl (C=O) groups is 3. The zero-order chi connectivity index (χ0) is 23.3. The topological polar surface area (TPSA) is 71.4 Å². The van der Waals surface area contributed by atoms with E-state index in [2.05, 4.69) is 0 Å². The van der Waals surface area contributed by atoms with Crippen LogP contribution in [-0.4, -0.2) is 22.5 Å². The van der Waals surface area contributed by atoms with Gasteiger partial charge in [0.1, 0.15) is 11.3 Å². The van der Waals surface area contributed by atoms with E-state index in [-0.39, 0.29) is 16.7 Å². The molecule has 2 rings (SSSR count). The van der Waals surface area contributed by atoms with Crippen LogP contribution in [0.25, 0.3) is 11.3 Å². The first-order valence-corrected chi connectivity index (χ1v) is 9.47. The van der Waals surface area contributed by atoms with Crippen molar-refractivity contribution in [3.8, 4) is 0 Å². The summed E-state index contributed by atoms with van der Waals surface area (Å²) in [5.74, 6) is -4.07. The van der Waals surface area contributed by atoms with Gasteiger partial charge in [0.05, 0.1) is 16.9 Å². The van der Waals surface area contributed by atoms with Crippen LogP contribution in [-0.2, 0) is 20.6 Å². The Hall–Kier alpha value is -2.70. The van der Waals surface area contributed by atoms with Gasteiger partial charge in [0.15, 0.2) is 17.3 Å². The summed E-state index contributed by atoms with van der Waals surface area (Å²) < 4.78 is 40.9.